The van der Waals surface area contributed by atoms with Crippen LogP contribution < -0.4 is 10.1 Å². The first-order valence-electron chi connectivity index (χ1n) is 9.60. The molecule has 0 spiro atoms. The van der Waals surface area contributed by atoms with E-state index in [1.165, 1.54) is 13.2 Å². The highest BCUT2D eigenvalue weighted by atomic mass is 19.4. The fourth-order valence-corrected chi connectivity index (χ4v) is 2.76. The van der Waals surface area contributed by atoms with Crippen molar-refractivity contribution in [1.82, 2.24) is 15.2 Å². The smallest absolute Gasteiger partial charge is 0.425 e. The molecule has 10 heteroatoms. The Balaban J connectivity index is 2.30. The first-order valence-corrected chi connectivity index (χ1v) is 9.60. The summed E-state index contributed by atoms with van der Waals surface area (Å²) >= 11 is 0. The lowest BCUT2D eigenvalue weighted by atomic mass is 9.85. The van der Waals surface area contributed by atoms with Crippen molar-refractivity contribution in [2.24, 2.45) is 5.41 Å². The van der Waals surface area contributed by atoms with Gasteiger partial charge in [-0.15, -0.1) is 0 Å². The van der Waals surface area contributed by atoms with Crippen LogP contribution in [-0.4, -0.2) is 53.9 Å². The maximum absolute atomic E-state index is 13.0. The van der Waals surface area contributed by atoms with Crippen molar-refractivity contribution >= 4 is 11.8 Å². The average molecular weight is 433 g/mol. The molecule has 1 aromatic rings. The quantitative estimate of drug-likeness (QED) is 0.524. The summed E-state index contributed by atoms with van der Waals surface area (Å²) in [5.41, 5.74) is -0.411. The molecule has 2 atom stereocenters. The predicted molar refractivity (Wildman–Crippen MR) is 102 cm³/mol. The standard InChI is InChI=1S/C20H27F4N3O3/c1-11(20(22,23)24)30-15-8-14(25-9-13(15)12-6-7-12)17(28)26-16(19(2,3)4)18(29)27(5)10-21/h8-9,11-12,16H,6-7,10H2,1-5H3,(H,26,28). The largest absolute Gasteiger partial charge is 0.481 e. The average Bonchev–Trinajstić information content (AvgIpc) is 3.47. The summed E-state index contributed by atoms with van der Waals surface area (Å²) in [4.78, 5) is 30.1. The lowest BCUT2D eigenvalue weighted by Crippen LogP contribution is -2.53. The van der Waals surface area contributed by atoms with E-state index in [-0.39, 0.29) is 17.4 Å². The van der Waals surface area contributed by atoms with E-state index in [1.807, 2.05) is 0 Å². The van der Waals surface area contributed by atoms with E-state index < -0.39 is 42.3 Å². The van der Waals surface area contributed by atoms with Crippen LogP contribution in [-0.2, 0) is 4.79 Å². The van der Waals surface area contributed by atoms with Crippen LogP contribution in [0.3, 0.4) is 0 Å². The van der Waals surface area contributed by atoms with E-state index in [9.17, 15) is 27.2 Å². The Morgan fingerprint density at radius 1 is 1.30 bits per heavy atom. The minimum atomic E-state index is -4.56. The molecule has 1 aromatic heterocycles. The lowest BCUT2D eigenvalue weighted by Gasteiger charge is -2.32. The zero-order valence-corrected chi connectivity index (χ0v) is 17.6. The monoisotopic (exact) mass is 433 g/mol. The molecule has 0 aromatic carbocycles. The molecule has 2 amide bonds. The summed E-state index contributed by atoms with van der Waals surface area (Å²) in [6, 6.07) is 0.100. The van der Waals surface area contributed by atoms with Gasteiger partial charge in [-0.2, -0.15) is 13.2 Å². The summed E-state index contributed by atoms with van der Waals surface area (Å²) in [6.45, 7) is 4.96. The number of halogens is 4. The van der Waals surface area contributed by atoms with Gasteiger partial charge in [0.2, 0.25) is 5.91 Å². The van der Waals surface area contributed by atoms with E-state index in [2.05, 4.69) is 10.3 Å². The molecule has 0 bridgehead atoms. The van der Waals surface area contributed by atoms with Crippen molar-refractivity contribution in [3.8, 4) is 5.75 Å². The normalized spacial score (nSPS) is 16.6. The van der Waals surface area contributed by atoms with E-state index in [1.54, 1.807) is 20.8 Å². The molecule has 1 aliphatic rings. The minimum absolute atomic E-state index is 0.0483. The molecule has 168 valence electrons. The number of ether oxygens (including phenoxy) is 1. The van der Waals surface area contributed by atoms with Crippen molar-refractivity contribution in [1.29, 1.82) is 0 Å². The number of nitrogens with zero attached hydrogens (tertiary/aromatic N) is 2. The Hall–Kier alpha value is -2.39. The topological polar surface area (TPSA) is 71.5 Å². The molecule has 0 radical (unpaired) electrons. The molecule has 6 nitrogen and oxygen atoms in total. The molecule has 30 heavy (non-hydrogen) atoms. The number of carbonyl (C=O) groups is 2. The first-order chi connectivity index (χ1) is 13.8. The highest BCUT2D eigenvalue weighted by Crippen LogP contribution is 2.44. The zero-order chi connectivity index (χ0) is 22.9. The minimum Gasteiger partial charge on any atom is -0.481 e. The van der Waals surface area contributed by atoms with Crippen LogP contribution in [0.25, 0.3) is 0 Å². The number of nitrogens with one attached hydrogen (secondary N) is 1. The fourth-order valence-electron chi connectivity index (χ4n) is 2.76. The third kappa shape index (κ3) is 5.82. The van der Waals surface area contributed by atoms with Gasteiger partial charge in [-0.05, 0) is 31.1 Å². The summed E-state index contributed by atoms with van der Waals surface area (Å²) < 4.78 is 56.9. The van der Waals surface area contributed by atoms with Crippen LogP contribution in [0.1, 0.15) is 62.5 Å². The SMILES string of the molecule is CC(Oc1cc(C(=O)NC(C(=O)N(C)CF)C(C)(C)C)ncc1C1CC1)C(F)(F)F. The molecule has 2 rings (SSSR count). The van der Waals surface area contributed by atoms with Gasteiger partial charge in [-0.1, -0.05) is 20.8 Å². The number of hydrogen-bond donors (Lipinski definition) is 1. The van der Waals surface area contributed by atoms with Crippen molar-refractivity contribution in [2.75, 3.05) is 13.8 Å². The maximum atomic E-state index is 13.0. The molecular weight excluding hydrogens is 406 g/mol. The second kappa shape index (κ2) is 8.77. The van der Waals surface area contributed by atoms with Gasteiger partial charge < -0.3 is 15.0 Å². The van der Waals surface area contributed by atoms with Crippen molar-refractivity contribution in [2.45, 2.75) is 64.8 Å². The maximum Gasteiger partial charge on any atom is 0.425 e. The summed E-state index contributed by atoms with van der Waals surface area (Å²) in [5.74, 6) is -1.40. The number of amides is 2. The van der Waals surface area contributed by atoms with Crippen molar-refractivity contribution < 1.29 is 31.9 Å². The van der Waals surface area contributed by atoms with Crippen LogP contribution in [0.15, 0.2) is 12.3 Å². The van der Waals surface area contributed by atoms with Gasteiger partial charge >= 0.3 is 6.18 Å². The third-order valence-electron chi connectivity index (χ3n) is 4.85. The van der Waals surface area contributed by atoms with Crippen molar-refractivity contribution in [3.05, 3.63) is 23.5 Å². The van der Waals surface area contributed by atoms with Crippen LogP contribution in [0.2, 0.25) is 0 Å². The fraction of sp³-hybridized carbons (Fsp3) is 0.650. The van der Waals surface area contributed by atoms with Crippen LogP contribution in [0, 0.1) is 5.41 Å². The number of aromatic nitrogens is 1. The number of alkyl halides is 4. The van der Waals surface area contributed by atoms with Crippen LogP contribution >= 0.6 is 0 Å². The molecule has 1 saturated carbocycles. The van der Waals surface area contributed by atoms with E-state index >= 15 is 0 Å². The van der Waals surface area contributed by atoms with Gasteiger partial charge in [0.15, 0.2) is 12.9 Å². The predicted octanol–water partition coefficient (Wildman–Crippen LogP) is 3.82. The van der Waals surface area contributed by atoms with Crippen molar-refractivity contribution in [3.63, 3.8) is 0 Å². The van der Waals surface area contributed by atoms with Crippen LogP contribution in [0.4, 0.5) is 17.6 Å². The third-order valence-corrected chi connectivity index (χ3v) is 4.85. The summed E-state index contributed by atoms with van der Waals surface area (Å²) in [5, 5.41) is 2.53. The Kier molecular flexibility index (Phi) is 6.98. The highest BCUT2D eigenvalue weighted by molar-refractivity contribution is 5.96. The Morgan fingerprint density at radius 3 is 2.37 bits per heavy atom. The number of pyridine rings is 1. The number of hydrogen-bond acceptors (Lipinski definition) is 4. The first kappa shape index (κ1) is 23.9. The van der Waals surface area contributed by atoms with Gasteiger partial charge in [-0.25, -0.2) is 4.39 Å². The van der Waals surface area contributed by atoms with E-state index in [4.69, 9.17) is 4.74 Å². The van der Waals surface area contributed by atoms with E-state index in [0.29, 0.717) is 5.56 Å². The Morgan fingerprint density at radius 2 is 1.90 bits per heavy atom. The highest BCUT2D eigenvalue weighted by Gasteiger charge is 2.40. The zero-order valence-electron chi connectivity index (χ0n) is 17.6. The lowest BCUT2D eigenvalue weighted by molar-refractivity contribution is -0.189. The molecule has 2 unspecified atom stereocenters. The summed E-state index contributed by atoms with van der Waals surface area (Å²) in [6.07, 6.45) is -3.67. The van der Waals surface area contributed by atoms with Gasteiger partial charge in [0.05, 0.1) is 0 Å². The number of likely N-dealkylation sites (N-methyl/N-ethyl adjacent to an activating group) is 1. The molecule has 1 fully saturated rings. The van der Waals surface area contributed by atoms with Crippen LogP contribution in [0.5, 0.6) is 5.75 Å². The molecular formula is C20H27F4N3O3. The summed E-state index contributed by atoms with van der Waals surface area (Å²) in [7, 11) is 1.26. The Bertz CT molecular complexity index is 788. The second-order valence-electron chi connectivity index (χ2n) is 8.61. The number of rotatable bonds is 7. The molecule has 0 aliphatic heterocycles. The number of carbonyl (C=O) groups excluding carboxylic acids is 2. The van der Waals surface area contributed by atoms with Gasteiger partial charge in [0, 0.05) is 24.9 Å². The second-order valence-corrected chi connectivity index (χ2v) is 8.61. The van der Waals surface area contributed by atoms with E-state index in [0.717, 1.165) is 30.7 Å². The molecule has 1 heterocycles. The molecule has 1 aliphatic carbocycles. The van der Waals surface area contributed by atoms with Gasteiger partial charge in [0.1, 0.15) is 17.5 Å². The molecule has 0 saturated heterocycles. The molecule has 1 N–H and O–H groups in total. The van der Waals surface area contributed by atoms with Gasteiger partial charge in [0.25, 0.3) is 5.91 Å². The van der Waals surface area contributed by atoms with Gasteiger partial charge in [-0.3, -0.25) is 14.6 Å². The Labute approximate surface area is 173 Å².